The lowest BCUT2D eigenvalue weighted by Gasteiger charge is -2.20. The number of amides is 2. The molecule has 0 aromatic carbocycles. The quantitative estimate of drug-likeness (QED) is 0.834. The van der Waals surface area contributed by atoms with Crippen LogP contribution in [0.3, 0.4) is 0 Å². The Morgan fingerprint density at radius 3 is 2.89 bits per heavy atom. The van der Waals surface area contributed by atoms with E-state index in [-0.39, 0.29) is 17.7 Å². The fourth-order valence-electron chi connectivity index (χ4n) is 1.75. The number of nitrogens with zero attached hydrogens (tertiary/aromatic N) is 2. The molecule has 0 aliphatic carbocycles. The van der Waals surface area contributed by atoms with Crippen molar-refractivity contribution >= 4 is 22.9 Å². The molecule has 0 radical (unpaired) electrons. The van der Waals surface area contributed by atoms with Crippen LogP contribution in [0.5, 0.6) is 0 Å². The van der Waals surface area contributed by atoms with Crippen molar-refractivity contribution in [2.45, 2.75) is 13.5 Å². The first-order valence-corrected chi connectivity index (χ1v) is 6.76. The Labute approximate surface area is 110 Å². The van der Waals surface area contributed by atoms with E-state index in [1.54, 1.807) is 16.8 Å². The van der Waals surface area contributed by atoms with Crippen LogP contribution in [-0.2, 0) is 11.3 Å². The van der Waals surface area contributed by atoms with Crippen LogP contribution in [0.2, 0.25) is 0 Å². The molecule has 1 aliphatic rings. The molecule has 0 N–H and O–H groups in total. The van der Waals surface area contributed by atoms with Crippen LogP contribution in [-0.4, -0.2) is 46.8 Å². The third-order valence-corrected chi connectivity index (χ3v) is 3.68. The molecule has 2 amide bonds. The average Bonchev–Trinajstić information content (AvgIpc) is 2.89. The van der Waals surface area contributed by atoms with Crippen LogP contribution in [0.25, 0.3) is 0 Å². The Bertz CT molecular complexity index is 458. The van der Waals surface area contributed by atoms with Gasteiger partial charge in [0.2, 0.25) is 5.91 Å². The van der Waals surface area contributed by atoms with Crippen LogP contribution in [0.4, 0.5) is 4.79 Å². The van der Waals surface area contributed by atoms with Gasteiger partial charge in [0.25, 0.3) is 5.24 Å². The Balaban J connectivity index is 1.86. The molecule has 0 bridgehead atoms. The second kappa shape index (κ2) is 5.48. The first kappa shape index (κ1) is 13.0. The summed E-state index contributed by atoms with van der Waals surface area (Å²) in [5, 5.41) is -0.00871. The number of rotatable bonds is 4. The molecule has 1 aliphatic heterocycles. The van der Waals surface area contributed by atoms with E-state index >= 15 is 0 Å². The van der Waals surface area contributed by atoms with E-state index in [1.165, 1.54) is 11.8 Å². The maximum absolute atomic E-state index is 11.9. The second-order valence-electron chi connectivity index (χ2n) is 4.30. The van der Waals surface area contributed by atoms with Gasteiger partial charge in [-0.2, -0.15) is 0 Å². The molecule has 5 nitrogen and oxygen atoms in total. The van der Waals surface area contributed by atoms with Gasteiger partial charge in [0.15, 0.2) is 0 Å². The molecule has 0 atom stereocenters. The zero-order valence-electron chi connectivity index (χ0n) is 10.5. The molecule has 18 heavy (non-hydrogen) atoms. The molecule has 2 heterocycles. The van der Waals surface area contributed by atoms with E-state index in [2.05, 4.69) is 0 Å². The topological polar surface area (TPSA) is 53.8 Å². The van der Waals surface area contributed by atoms with Crippen molar-refractivity contribution in [1.29, 1.82) is 0 Å². The minimum Gasteiger partial charge on any atom is -0.464 e. The zero-order valence-corrected chi connectivity index (χ0v) is 11.3. The van der Waals surface area contributed by atoms with Crippen LogP contribution >= 0.6 is 11.8 Å². The van der Waals surface area contributed by atoms with Gasteiger partial charge in [-0.3, -0.25) is 9.59 Å². The van der Waals surface area contributed by atoms with Gasteiger partial charge in [0.05, 0.1) is 6.54 Å². The number of carbonyl (C=O) groups is 2. The molecule has 1 aromatic heterocycles. The van der Waals surface area contributed by atoms with Gasteiger partial charge in [-0.25, -0.2) is 0 Å². The molecule has 1 fully saturated rings. The summed E-state index contributed by atoms with van der Waals surface area (Å²) >= 11 is 1.26. The third-order valence-electron chi connectivity index (χ3n) is 2.79. The Kier molecular flexibility index (Phi) is 3.96. The van der Waals surface area contributed by atoms with Crippen LogP contribution in [0.1, 0.15) is 11.5 Å². The highest BCUT2D eigenvalue weighted by Crippen LogP contribution is 2.17. The molecular weight excluding hydrogens is 252 g/mol. The monoisotopic (exact) mass is 268 g/mol. The number of aryl methyl sites for hydroxylation is 1. The minimum atomic E-state index is -0.0695. The molecule has 0 saturated carbocycles. The lowest BCUT2D eigenvalue weighted by atomic mass is 10.4. The summed E-state index contributed by atoms with van der Waals surface area (Å²) in [6.07, 6.45) is 0. The van der Waals surface area contributed by atoms with E-state index < -0.39 is 0 Å². The predicted molar refractivity (Wildman–Crippen MR) is 69.3 cm³/mol. The van der Waals surface area contributed by atoms with Crippen LogP contribution < -0.4 is 0 Å². The number of hydrogen-bond acceptors (Lipinski definition) is 4. The van der Waals surface area contributed by atoms with E-state index in [1.807, 2.05) is 19.1 Å². The summed E-state index contributed by atoms with van der Waals surface area (Å²) < 4.78 is 5.42. The SMILES string of the molecule is Cc1ccc(CN(C)C(=O)CN2CCSC2=O)o1. The zero-order chi connectivity index (χ0) is 13.1. The number of carbonyl (C=O) groups excluding carboxylic acids is 2. The smallest absolute Gasteiger partial charge is 0.282 e. The fourth-order valence-corrected chi connectivity index (χ4v) is 2.57. The summed E-state index contributed by atoms with van der Waals surface area (Å²) in [6, 6.07) is 3.73. The third kappa shape index (κ3) is 3.07. The van der Waals surface area contributed by atoms with E-state index in [0.29, 0.717) is 13.1 Å². The first-order valence-electron chi connectivity index (χ1n) is 5.77. The van der Waals surface area contributed by atoms with Gasteiger partial charge >= 0.3 is 0 Å². The Hall–Kier alpha value is -1.43. The molecule has 0 unspecified atom stereocenters. The molecule has 98 valence electrons. The predicted octanol–water partition coefficient (Wildman–Crippen LogP) is 1.72. The highest BCUT2D eigenvalue weighted by atomic mass is 32.2. The van der Waals surface area contributed by atoms with E-state index in [0.717, 1.165) is 17.3 Å². The lowest BCUT2D eigenvalue weighted by Crippen LogP contribution is -2.38. The van der Waals surface area contributed by atoms with Crippen LogP contribution in [0, 0.1) is 6.92 Å². The Morgan fingerprint density at radius 1 is 1.56 bits per heavy atom. The van der Waals surface area contributed by atoms with Crippen LogP contribution in [0.15, 0.2) is 16.5 Å². The molecule has 2 rings (SSSR count). The summed E-state index contributed by atoms with van der Waals surface area (Å²) in [5.74, 6) is 2.29. The van der Waals surface area contributed by atoms with Crippen molar-refractivity contribution in [3.8, 4) is 0 Å². The van der Waals surface area contributed by atoms with Crippen molar-refractivity contribution in [1.82, 2.24) is 9.80 Å². The van der Waals surface area contributed by atoms with Gasteiger partial charge in [-0.05, 0) is 19.1 Å². The maximum Gasteiger partial charge on any atom is 0.282 e. The molecule has 1 saturated heterocycles. The fraction of sp³-hybridized carbons (Fsp3) is 0.500. The normalized spacial score (nSPS) is 15.2. The van der Waals surface area contributed by atoms with Gasteiger partial charge in [-0.15, -0.1) is 0 Å². The number of thioether (sulfide) groups is 1. The Morgan fingerprint density at radius 2 is 2.33 bits per heavy atom. The van der Waals surface area contributed by atoms with Crippen molar-refractivity contribution in [2.75, 3.05) is 25.9 Å². The van der Waals surface area contributed by atoms with E-state index in [9.17, 15) is 9.59 Å². The van der Waals surface area contributed by atoms with Gasteiger partial charge < -0.3 is 14.2 Å². The number of furan rings is 1. The van der Waals surface area contributed by atoms with Gasteiger partial charge in [0.1, 0.15) is 18.1 Å². The van der Waals surface area contributed by atoms with Crippen molar-refractivity contribution in [2.24, 2.45) is 0 Å². The number of hydrogen-bond donors (Lipinski definition) is 0. The van der Waals surface area contributed by atoms with Crippen molar-refractivity contribution < 1.29 is 14.0 Å². The maximum atomic E-state index is 11.9. The highest BCUT2D eigenvalue weighted by molar-refractivity contribution is 8.13. The molecular formula is C12H16N2O3S. The standard InChI is InChI=1S/C12H16N2O3S/c1-9-3-4-10(17-9)7-13(2)11(15)8-14-5-6-18-12(14)16/h3-4H,5-8H2,1-2H3. The molecule has 1 aromatic rings. The summed E-state index contributed by atoms with van der Waals surface area (Å²) in [7, 11) is 1.72. The summed E-state index contributed by atoms with van der Waals surface area (Å²) in [4.78, 5) is 26.5. The highest BCUT2D eigenvalue weighted by Gasteiger charge is 2.24. The molecule has 0 spiro atoms. The average molecular weight is 268 g/mol. The van der Waals surface area contributed by atoms with Crippen molar-refractivity contribution in [3.05, 3.63) is 23.7 Å². The van der Waals surface area contributed by atoms with E-state index in [4.69, 9.17) is 4.42 Å². The lowest BCUT2D eigenvalue weighted by molar-refractivity contribution is -0.131. The first-order chi connectivity index (χ1) is 8.56. The largest absolute Gasteiger partial charge is 0.464 e. The minimum absolute atomic E-state index is 0.00871. The number of likely N-dealkylation sites (N-methyl/N-ethyl adjacent to an activating group) is 1. The van der Waals surface area contributed by atoms with Gasteiger partial charge in [-0.1, -0.05) is 11.8 Å². The molecule has 6 heteroatoms. The summed E-state index contributed by atoms with van der Waals surface area (Å²) in [5.41, 5.74) is 0. The second-order valence-corrected chi connectivity index (χ2v) is 5.34. The van der Waals surface area contributed by atoms with Crippen molar-refractivity contribution in [3.63, 3.8) is 0 Å². The van der Waals surface area contributed by atoms with Gasteiger partial charge in [0, 0.05) is 19.3 Å². The summed E-state index contributed by atoms with van der Waals surface area (Å²) in [6.45, 7) is 3.11.